The number of carbonyl (C=O) groups excluding carboxylic acids is 2. The number of nitrogens with zero attached hydrogens (tertiary/aromatic N) is 4. The molecule has 0 spiro atoms. The second-order valence-electron chi connectivity index (χ2n) is 17.5. The summed E-state index contributed by atoms with van der Waals surface area (Å²) in [6, 6.07) is 54.9. The first-order valence-electron chi connectivity index (χ1n) is 23.8. The standard InChI is InChI=1S/C33H27Cl2N3O4.C26H21Cl2N3O3/c34-28-15-27(16-29(35)17-28)30-18-31(25-11-9-24(10-12-25)23-5-3-22(20-39)4-6-23)38(37-30)19-21-1-7-26(8-2-21)33(42)36-14-13-32(40)41;27-21-12-20(13-22(28)14-21)23-15-24(18-4-2-1-3-5-18)31(30-23)16-17-6-8-19(9-7-17)26(34)29-11-10-25(32)33/h1-12,15-18,39H,13-14,19-20H2,(H,36,42)(H,40,41);1-9,12-15H,10-11,16H2,(H,29,34)(H,32,33). The van der Waals surface area contributed by atoms with Gasteiger partial charge in [0, 0.05) is 55.4 Å². The van der Waals surface area contributed by atoms with Gasteiger partial charge in [-0.1, -0.05) is 150 Å². The van der Waals surface area contributed by atoms with Crippen LogP contribution >= 0.6 is 46.4 Å². The van der Waals surface area contributed by atoms with E-state index in [1.165, 1.54) is 0 Å². The average molecular weight is 1090 g/mol. The Bertz CT molecular complexity index is 3450. The van der Waals surface area contributed by atoms with Gasteiger partial charge in [-0.2, -0.15) is 10.2 Å². The molecule has 0 aliphatic rings. The molecule has 17 heteroatoms. The SMILES string of the molecule is O=C(O)CCNC(=O)c1ccc(Cn2nc(-c3cc(Cl)cc(Cl)c3)cc2-c2ccc(-c3ccc(CO)cc3)cc2)cc1.O=C(O)CCNC(=O)c1ccc(Cn2nc(-c3cc(Cl)cc(Cl)c3)cc2-c2ccccc2)cc1. The first-order valence-corrected chi connectivity index (χ1v) is 25.3. The van der Waals surface area contributed by atoms with Crippen LogP contribution in [0.15, 0.2) is 176 Å². The highest BCUT2D eigenvalue weighted by molar-refractivity contribution is 6.35. The van der Waals surface area contributed by atoms with Crippen molar-refractivity contribution in [3.63, 3.8) is 0 Å². The molecule has 0 unspecified atom stereocenters. The Morgan fingerprint density at radius 3 is 1.16 bits per heavy atom. The van der Waals surface area contributed by atoms with Crippen LogP contribution < -0.4 is 10.6 Å². The maximum absolute atomic E-state index is 12.4. The maximum Gasteiger partial charge on any atom is 0.305 e. The molecule has 9 rings (SSSR count). The van der Waals surface area contributed by atoms with Crippen molar-refractivity contribution in [1.29, 1.82) is 0 Å². The number of aliphatic hydroxyl groups is 1. The first kappa shape index (κ1) is 54.2. The highest BCUT2D eigenvalue weighted by Gasteiger charge is 2.17. The highest BCUT2D eigenvalue weighted by Crippen LogP contribution is 2.33. The number of carboxylic acids is 2. The van der Waals surface area contributed by atoms with Gasteiger partial charge in [0.15, 0.2) is 0 Å². The zero-order valence-electron chi connectivity index (χ0n) is 40.5. The molecule has 13 nitrogen and oxygen atoms in total. The summed E-state index contributed by atoms with van der Waals surface area (Å²) in [5.41, 5.74) is 12.6. The van der Waals surface area contributed by atoms with Gasteiger partial charge in [0.05, 0.1) is 55.3 Å². The van der Waals surface area contributed by atoms with Crippen molar-refractivity contribution in [2.75, 3.05) is 13.1 Å². The summed E-state index contributed by atoms with van der Waals surface area (Å²) in [6.07, 6.45) is -0.255. The van der Waals surface area contributed by atoms with Crippen LogP contribution in [0.25, 0.3) is 56.2 Å². The minimum atomic E-state index is -0.966. The van der Waals surface area contributed by atoms with E-state index in [9.17, 15) is 24.3 Å². The van der Waals surface area contributed by atoms with Crippen LogP contribution in [-0.2, 0) is 29.3 Å². The Kier molecular flexibility index (Phi) is 18.2. The lowest BCUT2D eigenvalue weighted by atomic mass is 10.0. The lowest BCUT2D eigenvalue weighted by Crippen LogP contribution is -2.25. The molecule has 0 saturated carbocycles. The minimum absolute atomic E-state index is 0.00605. The summed E-state index contributed by atoms with van der Waals surface area (Å²) in [5.74, 6) is -2.55. The maximum atomic E-state index is 12.4. The van der Waals surface area contributed by atoms with Crippen LogP contribution in [0.2, 0.25) is 20.1 Å². The average Bonchev–Trinajstić information content (AvgIpc) is 4.06. The van der Waals surface area contributed by atoms with Gasteiger partial charge < -0.3 is 26.0 Å². The van der Waals surface area contributed by atoms with Crippen molar-refractivity contribution in [3.8, 4) is 56.2 Å². The summed E-state index contributed by atoms with van der Waals surface area (Å²) in [7, 11) is 0. The smallest absolute Gasteiger partial charge is 0.305 e. The second kappa shape index (κ2) is 25.5. The largest absolute Gasteiger partial charge is 0.481 e. The number of rotatable bonds is 18. The monoisotopic (exact) mass is 1090 g/mol. The third kappa shape index (κ3) is 14.6. The molecular weight excluding hydrogens is 1050 g/mol. The summed E-state index contributed by atoms with van der Waals surface area (Å²) in [4.78, 5) is 45.9. The number of hydrogen-bond donors (Lipinski definition) is 5. The number of aliphatic hydroxyl groups excluding tert-OH is 1. The number of benzene rings is 7. The van der Waals surface area contributed by atoms with Crippen LogP contribution in [0, 0.1) is 0 Å². The van der Waals surface area contributed by atoms with E-state index in [0.29, 0.717) is 50.0 Å². The second-order valence-corrected chi connectivity index (χ2v) is 19.2. The molecule has 9 aromatic rings. The number of halogens is 4. The molecule has 0 saturated heterocycles. The van der Waals surface area contributed by atoms with Gasteiger partial charge in [-0.25, -0.2) is 0 Å². The molecule has 5 N–H and O–H groups in total. The topological polar surface area (TPSA) is 189 Å². The fraction of sp³-hybridized carbons (Fsp3) is 0.119. The Morgan fingerprint density at radius 1 is 0.421 bits per heavy atom. The third-order valence-electron chi connectivity index (χ3n) is 11.9. The molecule has 0 bridgehead atoms. The van der Waals surface area contributed by atoms with E-state index in [1.807, 2.05) is 149 Å². The van der Waals surface area contributed by atoms with Crippen molar-refractivity contribution >= 4 is 70.2 Å². The number of hydrogen-bond acceptors (Lipinski definition) is 7. The molecule has 2 aromatic heterocycles. The summed E-state index contributed by atoms with van der Waals surface area (Å²) < 4.78 is 3.80. The Hall–Kier alpha value is -8.04. The van der Waals surface area contributed by atoms with Gasteiger partial charge in [-0.3, -0.25) is 28.5 Å². The van der Waals surface area contributed by atoms with Crippen LogP contribution in [0.4, 0.5) is 0 Å². The van der Waals surface area contributed by atoms with Crippen molar-refractivity contribution in [2.24, 2.45) is 0 Å². The van der Waals surface area contributed by atoms with Crippen LogP contribution in [-0.4, -0.2) is 71.7 Å². The van der Waals surface area contributed by atoms with E-state index in [4.69, 9.17) is 66.8 Å². The molecule has 0 aliphatic heterocycles. The first-order chi connectivity index (χ1) is 36.7. The summed E-state index contributed by atoms with van der Waals surface area (Å²) in [5, 5.41) is 43.8. The fourth-order valence-corrected chi connectivity index (χ4v) is 9.16. The van der Waals surface area contributed by atoms with Gasteiger partial charge in [-0.05, 0) is 112 Å². The van der Waals surface area contributed by atoms with Crippen LogP contribution in [0.3, 0.4) is 0 Å². The van der Waals surface area contributed by atoms with Crippen LogP contribution in [0.1, 0.15) is 50.2 Å². The summed E-state index contributed by atoms with van der Waals surface area (Å²) in [6.45, 7) is 1.08. The quantitative estimate of drug-likeness (QED) is 0.0557. The number of aliphatic carboxylic acids is 2. The van der Waals surface area contributed by atoms with E-state index in [1.54, 1.807) is 36.4 Å². The fourth-order valence-electron chi connectivity index (χ4n) is 8.11. The molecule has 0 fully saturated rings. The number of carbonyl (C=O) groups is 4. The molecule has 0 radical (unpaired) electrons. The zero-order chi connectivity index (χ0) is 53.7. The molecule has 384 valence electrons. The van der Waals surface area contributed by atoms with Crippen molar-refractivity contribution < 1.29 is 34.5 Å². The van der Waals surface area contributed by atoms with Gasteiger partial charge in [0.2, 0.25) is 0 Å². The number of carboxylic acid groups (broad SMARTS) is 2. The molecule has 76 heavy (non-hydrogen) atoms. The zero-order valence-corrected chi connectivity index (χ0v) is 43.5. The predicted molar refractivity (Wildman–Crippen MR) is 298 cm³/mol. The van der Waals surface area contributed by atoms with Gasteiger partial charge in [0.25, 0.3) is 11.8 Å². The van der Waals surface area contributed by atoms with E-state index in [2.05, 4.69) is 10.6 Å². The summed E-state index contributed by atoms with van der Waals surface area (Å²) >= 11 is 25.0. The molecule has 0 atom stereocenters. The molecule has 7 aromatic carbocycles. The Balaban J connectivity index is 0.000000206. The van der Waals surface area contributed by atoms with Crippen molar-refractivity contribution in [2.45, 2.75) is 32.5 Å². The molecule has 0 aliphatic carbocycles. The van der Waals surface area contributed by atoms with Crippen molar-refractivity contribution in [3.05, 3.63) is 224 Å². The molecular formula is C59H48Cl4N6O7. The lowest BCUT2D eigenvalue weighted by molar-refractivity contribution is -0.137. The van der Waals surface area contributed by atoms with E-state index in [-0.39, 0.29) is 44.4 Å². The lowest BCUT2D eigenvalue weighted by Gasteiger charge is -2.10. The van der Waals surface area contributed by atoms with E-state index >= 15 is 0 Å². The Labute approximate surface area is 457 Å². The van der Waals surface area contributed by atoms with E-state index in [0.717, 1.165) is 67.2 Å². The highest BCUT2D eigenvalue weighted by atomic mass is 35.5. The number of aromatic nitrogens is 4. The van der Waals surface area contributed by atoms with Crippen LogP contribution in [0.5, 0.6) is 0 Å². The van der Waals surface area contributed by atoms with Gasteiger partial charge in [-0.15, -0.1) is 0 Å². The van der Waals surface area contributed by atoms with Gasteiger partial charge >= 0.3 is 11.9 Å². The predicted octanol–water partition coefficient (Wildman–Crippen LogP) is 12.7. The van der Waals surface area contributed by atoms with Crippen molar-refractivity contribution in [1.82, 2.24) is 30.2 Å². The Morgan fingerprint density at radius 2 is 0.776 bits per heavy atom. The van der Waals surface area contributed by atoms with Gasteiger partial charge in [0.1, 0.15) is 0 Å². The number of amides is 2. The van der Waals surface area contributed by atoms with E-state index < -0.39 is 11.9 Å². The molecule has 2 amide bonds. The minimum Gasteiger partial charge on any atom is -0.481 e. The third-order valence-corrected chi connectivity index (χ3v) is 12.8. The molecule has 2 heterocycles. The normalized spacial score (nSPS) is 10.9. The number of nitrogens with one attached hydrogen (secondary N) is 2.